The zero-order valence-electron chi connectivity index (χ0n) is 9.15. The summed E-state index contributed by atoms with van der Waals surface area (Å²) in [6.07, 6.45) is 1.41. The monoisotopic (exact) mass is 212 g/mol. The van der Waals surface area contributed by atoms with E-state index < -0.39 is 5.91 Å². The van der Waals surface area contributed by atoms with E-state index >= 15 is 0 Å². The molecular weight excluding hydrogens is 196 g/mol. The number of hydrogen-bond acceptors (Lipinski definition) is 4. The maximum atomic E-state index is 11.6. The highest BCUT2D eigenvalue weighted by atomic mass is 16.4. The molecule has 1 aromatic heterocycles. The smallest absolute Gasteiger partial charge is 0.307 e. The quantitative estimate of drug-likeness (QED) is 0.771. The summed E-state index contributed by atoms with van der Waals surface area (Å²) in [7, 11) is 0. The molecule has 0 aliphatic carbocycles. The van der Waals surface area contributed by atoms with Crippen LogP contribution in [0.2, 0.25) is 0 Å². The molecule has 0 aromatic carbocycles. The molecule has 0 aliphatic rings. The molecule has 0 fully saturated rings. The number of carbonyl (C=O) groups is 1. The highest BCUT2D eigenvalue weighted by Crippen LogP contribution is 2.04. The van der Waals surface area contributed by atoms with E-state index in [1.54, 1.807) is 6.92 Å². The molecule has 1 aromatic rings. The number of aliphatic hydroxyl groups excluding tert-OH is 1. The Morgan fingerprint density at radius 1 is 1.67 bits per heavy atom. The van der Waals surface area contributed by atoms with Gasteiger partial charge in [0.2, 0.25) is 0 Å². The van der Waals surface area contributed by atoms with Crippen LogP contribution in [0, 0.1) is 12.8 Å². The molecule has 0 bridgehead atoms. The maximum Gasteiger partial charge on any atom is 0.307 e. The number of aryl methyl sites for hydroxylation is 1. The van der Waals surface area contributed by atoms with Gasteiger partial charge in [-0.3, -0.25) is 4.79 Å². The Bertz CT molecular complexity index is 333. The Morgan fingerprint density at radius 3 is 2.73 bits per heavy atom. The van der Waals surface area contributed by atoms with Crippen LogP contribution in [0.25, 0.3) is 0 Å². The Kier molecular flexibility index (Phi) is 3.85. The van der Waals surface area contributed by atoms with E-state index in [9.17, 15) is 4.79 Å². The van der Waals surface area contributed by atoms with E-state index in [1.165, 1.54) is 6.26 Å². The minimum absolute atomic E-state index is 0.0339. The predicted molar refractivity (Wildman–Crippen MR) is 54.4 cm³/mol. The minimum atomic E-state index is -0.393. The van der Waals surface area contributed by atoms with E-state index in [-0.39, 0.29) is 24.5 Å². The van der Waals surface area contributed by atoms with Crippen molar-refractivity contribution in [3.63, 3.8) is 0 Å². The number of aromatic nitrogens is 1. The molecule has 0 spiro atoms. The average Bonchev–Trinajstić information content (AvgIpc) is 2.60. The van der Waals surface area contributed by atoms with Crippen molar-refractivity contribution in [1.82, 2.24) is 10.3 Å². The van der Waals surface area contributed by atoms with Crippen LogP contribution in [0.1, 0.15) is 30.2 Å². The third kappa shape index (κ3) is 3.06. The lowest BCUT2D eigenvalue weighted by Gasteiger charge is -2.18. The molecule has 1 atom stereocenters. The van der Waals surface area contributed by atoms with Gasteiger partial charge in [0.15, 0.2) is 0 Å². The molecule has 0 unspecified atom stereocenters. The number of amides is 1. The molecule has 5 heteroatoms. The van der Waals surface area contributed by atoms with Gasteiger partial charge in [-0.25, -0.2) is 4.98 Å². The zero-order chi connectivity index (χ0) is 11.4. The van der Waals surface area contributed by atoms with Crippen molar-refractivity contribution in [2.45, 2.75) is 26.8 Å². The largest absolute Gasteiger partial charge is 0.441 e. The molecule has 5 nitrogen and oxygen atoms in total. The molecule has 0 radical (unpaired) electrons. The SMILES string of the molecule is Cc1coc(C(=O)N[C@H](CO)C(C)C)n1. The third-order valence-electron chi connectivity index (χ3n) is 2.13. The number of hydrogen-bond donors (Lipinski definition) is 2. The molecular formula is C10H16N2O3. The normalized spacial score (nSPS) is 12.9. The summed E-state index contributed by atoms with van der Waals surface area (Å²) in [5.74, 6) is -0.197. The topological polar surface area (TPSA) is 75.4 Å². The summed E-state index contributed by atoms with van der Waals surface area (Å²) in [5, 5.41) is 11.7. The summed E-state index contributed by atoms with van der Waals surface area (Å²) in [5.41, 5.74) is 0.658. The van der Waals surface area contributed by atoms with Gasteiger partial charge < -0.3 is 14.8 Å². The maximum absolute atomic E-state index is 11.6. The van der Waals surface area contributed by atoms with Crippen LogP contribution in [-0.2, 0) is 0 Å². The van der Waals surface area contributed by atoms with Gasteiger partial charge in [0.25, 0.3) is 5.89 Å². The van der Waals surface area contributed by atoms with Crippen molar-refractivity contribution in [3.05, 3.63) is 17.8 Å². The number of aliphatic hydroxyl groups is 1. The van der Waals surface area contributed by atoms with Gasteiger partial charge >= 0.3 is 5.91 Å². The molecule has 15 heavy (non-hydrogen) atoms. The van der Waals surface area contributed by atoms with E-state index in [2.05, 4.69) is 10.3 Å². The minimum Gasteiger partial charge on any atom is -0.441 e. The summed E-state index contributed by atoms with van der Waals surface area (Å²) in [6, 6.07) is -0.273. The fourth-order valence-corrected chi connectivity index (χ4v) is 1.11. The summed E-state index contributed by atoms with van der Waals surface area (Å²) in [6.45, 7) is 5.49. The van der Waals surface area contributed by atoms with Gasteiger partial charge in [-0.15, -0.1) is 0 Å². The number of rotatable bonds is 4. The lowest BCUT2D eigenvalue weighted by Crippen LogP contribution is -2.41. The first-order valence-electron chi connectivity index (χ1n) is 4.88. The molecule has 0 saturated carbocycles. The van der Waals surface area contributed by atoms with Crippen molar-refractivity contribution in [2.24, 2.45) is 5.92 Å². The van der Waals surface area contributed by atoms with Crippen molar-refractivity contribution < 1.29 is 14.3 Å². The van der Waals surface area contributed by atoms with Gasteiger partial charge in [-0.05, 0) is 12.8 Å². The zero-order valence-corrected chi connectivity index (χ0v) is 9.15. The van der Waals surface area contributed by atoms with Crippen LogP contribution in [0.5, 0.6) is 0 Å². The number of nitrogens with one attached hydrogen (secondary N) is 1. The van der Waals surface area contributed by atoms with Crippen molar-refractivity contribution >= 4 is 5.91 Å². The van der Waals surface area contributed by atoms with E-state index in [1.807, 2.05) is 13.8 Å². The van der Waals surface area contributed by atoms with Gasteiger partial charge in [-0.2, -0.15) is 0 Å². The van der Waals surface area contributed by atoms with Crippen LogP contribution in [0.4, 0.5) is 0 Å². The highest BCUT2D eigenvalue weighted by Gasteiger charge is 2.19. The van der Waals surface area contributed by atoms with Crippen molar-refractivity contribution in [3.8, 4) is 0 Å². The Hall–Kier alpha value is -1.36. The molecule has 0 saturated heterocycles. The van der Waals surface area contributed by atoms with E-state index in [0.29, 0.717) is 5.69 Å². The van der Waals surface area contributed by atoms with Crippen LogP contribution in [0.15, 0.2) is 10.7 Å². The summed E-state index contributed by atoms with van der Waals surface area (Å²) < 4.78 is 4.95. The Morgan fingerprint density at radius 2 is 2.33 bits per heavy atom. The number of oxazole rings is 1. The predicted octanol–water partition coefficient (Wildman–Crippen LogP) is 0.730. The first-order chi connectivity index (χ1) is 7.04. The van der Waals surface area contributed by atoms with Crippen LogP contribution < -0.4 is 5.32 Å². The summed E-state index contributed by atoms with van der Waals surface area (Å²) in [4.78, 5) is 15.5. The second-order valence-corrected chi connectivity index (χ2v) is 3.80. The Labute approximate surface area is 88.5 Å². The number of nitrogens with zero attached hydrogens (tertiary/aromatic N) is 1. The highest BCUT2D eigenvalue weighted by molar-refractivity contribution is 5.89. The standard InChI is InChI=1S/C10H16N2O3/c1-6(2)8(4-13)12-9(14)10-11-7(3)5-15-10/h5-6,8,13H,4H2,1-3H3,(H,12,14)/t8-/m1/s1. The summed E-state index contributed by atoms with van der Waals surface area (Å²) >= 11 is 0. The van der Waals surface area contributed by atoms with Gasteiger partial charge in [0, 0.05) is 0 Å². The lowest BCUT2D eigenvalue weighted by molar-refractivity contribution is 0.0862. The fourth-order valence-electron chi connectivity index (χ4n) is 1.11. The first kappa shape index (κ1) is 11.7. The molecule has 0 aliphatic heterocycles. The average molecular weight is 212 g/mol. The second kappa shape index (κ2) is 4.93. The van der Waals surface area contributed by atoms with Crippen molar-refractivity contribution in [2.75, 3.05) is 6.61 Å². The van der Waals surface area contributed by atoms with Gasteiger partial charge in [-0.1, -0.05) is 13.8 Å². The van der Waals surface area contributed by atoms with Crippen molar-refractivity contribution in [1.29, 1.82) is 0 Å². The second-order valence-electron chi connectivity index (χ2n) is 3.80. The number of carbonyl (C=O) groups excluding carboxylic acids is 1. The van der Waals surface area contributed by atoms with E-state index in [0.717, 1.165) is 0 Å². The fraction of sp³-hybridized carbons (Fsp3) is 0.600. The molecule has 1 heterocycles. The molecule has 84 valence electrons. The molecule has 2 N–H and O–H groups in total. The third-order valence-corrected chi connectivity index (χ3v) is 2.13. The first-order valence-corrected chi connectivity index (χ1v) is 4.88. The molecule has 1 amide bonds. The molecule has 1 rings (SSSR count). The Balaban J connectivity index is 2.62. The van der Waals surface area contributed by atoms with Gasteiger partial charge in [0.05, 0.1) is 18.3 Å². The van der Waals surface area contributed by atoms with Crippen LogP contribution in [-0.4, -0.2) is 28.6 Å². The van der Waals surface area contributed by atoms with Crippen LogP contribution in [0.3, 0.4) is 0 Å². The lowest BCUT2D eigenvalue weighted by atomic mass is 10.1. The van der Waals surface area contributed by atoms with Gasteiger partial charge in [0.1, 0.15) is 6.26 Å². The van der Waals surface area contributed by atoms with Crippen LogP contribution >= 0.6 is 0 Å². The van der Waals surface area contributed by atoms with E-state index in [4.69, 9.17) is 9.52 Å².